The van der Waals surface area contributed by atoms with E-state index in [1.807, 2.05) is 37.3 Å². The molecule has 0 bridgehead atoms. The molecule has 1 aromatic heterocycles. The predicted octanol–water partition coefficient (Wildman–Crippen LogP) is 7.42. The molecule has 0 fully saturated rings. The third-order valence-corrected chi connectivity index (χ3v) is 6.62. The van der Waals surface area contributed by atoms with E-state index < -0.39 is 0 Å². The van der Waals surface area contributed by atoms with E-state index in [-0.39, 0.29) is 12.4 Å². The molecule has 0 aliphatic heterocycles. The lowest BCUT2D eigenvalue weighted by Gasteiger charge is -2.16. The topological polar surface area (TPSA) is 72.6 Å². The molecule has 3 aromatic carbocycles. The fraction of sp³-hybridized carbons (Fsp3) is 0.160. The number of aryl methyl sites for hydroxylation is 1. The second kappa shape index (κ2) is 10.5. The van der Waals surface area contributed by atoms with Crippen LogP contribution in [0.2, 0.25) is 10.0 Å². The van der Waals surface area contributed by atoms with Gasteiger partial charge in [-0.1, -0.05) is 29.3 Å². The number of hydrogen-bond donors (Lipinski definition) is 2. The van der Waals surface area contributed by atoms with Gasteiger partial charge in [-0.2, -0.15) is 0 Å². The molecule has 4 rings (SSSR count). The van der Waals surface area contributed by atoms with E-state index >= 15 is 0 Å². The highest BCUT2D eigenvalue weighted by Gasteiger charge is 2.16. The van der Waals surface area contributed by atoms with Gasteiger partial charge in [-0.05, 0) is 73.0 Å². The van der Waals surface area contributed by atoms with E-state index in [0.717, 1.165) is 32.7 Å². The maximum atomic E-state index is 11.6. The van der Waals surface area contributed by atoms with E-state index in [1.165, 1.54) is 19.1 Å². The van der Waals surface area contributed by atoms with Crippen LogP contribution < -0.4 is 14.2 Å². The van der Waals surface area contributed by atoms with Gasteiger partial charge < -0.3 is 23.9 Å². The molecule has 2 N–H and O–H groups in total. The molecular formula is C25H22Cl2N2O4S. The van der Waals surface area contributed by atoms with Crippen molar-refractivity contribution in [2.75, 3.05) is 18.9 Å². The zero-order chi connectivity index (χ0) is 24.2. The van der Waals surface area contributed by atoms with E-state index in [0.29, 0.717) is 27.3 Å². The normalized spacial score (nSPS) is 10.9. The predicted molar refractivity (Wildman–Crippen MR) is 138 cm³/mol. The molecule has 176 valence electrons. The lowest BCUT2D eigenvalue weighted by Crippen LogP contribution is -2.04. The van der Waals surface area contributed by atoms with Gasteiger partial charge in [0.05, 0.1) is 31.4 Å². The molecule has 34 heavy (non-hydrogen) atoms. The van der Waals surface area contributed by atoms with Crippen LogP contribution in [0.1, 0.15) is 11.3 Å². The number of hydrogen-bond acceptors (Lipinski definition) is 6. The summed E-state index contributed by atoms with van der Waals surface area (Å²) in [6.07, 6.45) is 0.146. The number of carbonyl (C=O) groups is 1. The first-order valence-corrected chi connectivity index (χ1v) is 11.9. The molecule has 0 aliphatic carbocycles. The van der Waals surface area contributed by atoms with Crippen molar-refractivity contribution in [2.24, 2.45) is 0 Å². The number of carbonyl (C=O) groups excluding carboxylic acids is 1. The number of aromatic nitrogens is 1. The summed E-state index contributed by atoms with van der Waals surface area (Å²) in [5.41, 5.74) is 3.53. The average Bonchev–Trinajstić information content (AvgIpc) is 3.20. The Kier molecular flexibility index (Phi) is 7.46. The standard InChI is InChI=1S/C25H22Cl2N2O4S/c1-14-10-17-19(28-14)6-8-21(25(17)29-34-23-9-5-16(26)13-18(23)27)33-20-7-4-15(11-22(20)31-2)12-24(30)32-3/h4-11,13,28-29H,12H2,1-3H3. The van der Waals surface area contributed by atoms with E-state index in [4.69, 9.17) is 37.4 Å². The Labute approximate surface area is 211 Å². The molecule has 0 radical (unpaired) electrons. The van der Waals surface area contributed by atoms with Crippen molar-refractivity contribution in [1.82, 2.24) is 4.98 Å². The first kappa shape index (κ1) is 24.1. The number of esters is 1. The molecule has 0 amide bonds. The number of ether oxygens (including phenoxy) is 3. The van der Waals surface area contributed by atoms with Gasteiger partial charge in [0.15, 0.2) is 17.2 Å². The summed E-state index contributed by atoms with van der Waals surface area (Å²) < 4.78 is 20.0. The lowest BCUT2D eigenvalue weighted by molar-refractivity contribution is -0.139. The fourth-order valence-corrected chi connectivity index (χ4v) is 4.68. The minimum atomic E-state index is -0.326. The van der Waals surface area contributed by atoms with Gasteiger partial charge in [0.1, 0.15) is 0 Å². The molecule has 0 spiro atoms. The first-order valence-electron chi connectivity index (χ1n) is 10.3. The highest BCUT2D eigenvalue weighted by molar-refractivity contribution is 8.00. The smallest absolute Gasteiger partial charge is 0.309 e. The number of H-pyrrole nitrogens is 1. The molecule has 0 atom stereocenters. The van der Waals surface area contributed by atoms with Crippen LogP contribution in [0, 0.1) is 6.92 Å². The van der Waals surface area contributed by atoms with Gasteiger partial charge in [-0.15, -0.1) is 0 Å². The van der Waals surface area contributed by atoms with Crippen LogP contribution in [0.5, 0.6) is 17.2 Å². The number of methoxy groups -OCH3 is 2. The number of rotatable bonds is 8. The second-order valence-electron chi connectivity index (χ2n) is 7.47. The van der Waals surface area contributed by atoms with Gasteiger partial charge in [-0.3, -0.25) is 4.79 Å². The molecule has 4 aromatic rings. The Bertz CT molecular complexity index is 1360. The molecular weight excluding hydrogens is 495 g/mol. The van der Waals surface area contributed by atoms with Crippen LogP contribution in [0.25, 0.3) is 10.9 Å². The zero-order valence-corrected chi connectivity index (χ0v) is 21.0. The van der Waals surface area contributed by atoms with Crippen LogP contribution in [-0.2, 0) is 16.0 Å². The Morgan fingerprint density at radius 3 is 2.53 bits per heavy atom. The Hall–Kier alpha value is -3.00. The molecule has 0 saturated carbocycles. The average molecular weight is 517 g/mol. The quantitative estimate of drug-likeness (QED) is 0.187. The van der Waals surface area contributed by atoms with Crippen molar-refractivity contribution in [3.63, 3.8) is 0 Å². The first-order chi connectivity index (χ1) is 16.4. The van der Waals surface area contributed by atoms with E-state index in [2.05, 4.69) is 9.71 Å². The van der Waals surface area contributed by atoms with Crippen molar-refractivity contribution in [1.29, 1.82) is 0 Å². The number of nitrogens with one attached hydrogen (secondary N) is 2. The SMILES string of the molecule is COC(=O)Cc1ccc(Oc2ccc3[nH]c(C)cc3c2NSc2ccc(Cl)cc2Cl)c(OC)c1. The number of benzene rings is 3. The lowest BCUT2D eigenvalue weighted by atomic mass is 10.1. The maximum Gasteiger partial charge on any atom is 0.309 e. The van der Waals surface area contributed by atoms with Gasteiger partial charge in [0, 0.05) is 26.5 Å². The van der Waals surface area contributed by atoms with Crippen LogP contribution in [0.3, 0.4) is 0 Å². The third-order valence-electron chi connectivity index (χ3n) is 5.08. The largest absolute Gasteiger partial charge is 0.493 e. The number of fused-ring (bicyclic) bond motifs is 1. The molecule has 0 saturated heterocycles. The van der Waals surface area contributed by atoms with Gasteiger partial charge >= 0.3 is 5.97 Å². The summed E-state index contributed by atoms with van der Waals surface area (Å²) in [5, 5.41) is 2.09. The highest BCUT2D eigenvalue weighted by Crippen LogP contribution is 2.42. The summed E-state index contributed by atoms with van der Waals surface area (Å²) in [6.45, 7) is 2.00. The molecule has 0 aliphatic rings. The van der Waals surface area contributed by atoms with Crippen molar-refractivity contribution >= 4 is 57.7 Å². The summed E-state index contributed by atoms with van der Waals surface area (Å²) in [6, 6.07) is 16.6. The van der Waals surface area contributed by atoms with E-state index in [9.17, 15) is 4.79 Å². The van der Waals surface area contributed by atoms with Crippen LogP contribution in [-0.4, -0.2) is 25.2 Å². The highest BCUT2D eigenvalue weighted by atomic mass is 35.5. The third kappa shape index (κ3) is 5.38. The number of anilines is 1. The number of halogens is 2. The van der Waals surface area contributed by atoms with Crippen LogP contribution >= 0.6 is 35.1 Å². The van der Waals surface area contributed by atoms with Gasteiger partial charge in [-0.25, -0.2) is 0 Å². The Morgan fingerprint density at radius 1 is 1.00 bits per heavy atom. The fourth-order valence-electron chi connectivity index (χ4n) is 3.44. The maximum absolute atomic E-state index is 11.6. The van der Waals surface area contributed by atoms with Crippen molar-refractivity contribution in [3.8, 4) is 17.2 Å². The summed E-state index contributed by atoms with van der Waals surface area (Å²) in [7, 11) is 2.92. The van der Waals surface area contributed by atoms with E-state index in [1.54, 1.807) is 31.4 Å². The number of aromatic amines is 1. The van der Waals surface area contributed by atoms with Crippen molar-refractivity contribution in [3.05, 3.63) is 75.9 Å². The van der Waals surface area contributed by atoms with Gasteiger partial charge in [0.25, 0.3) is 0 Å². The summed E-state index contributed by atoms with van der Waals surface area (Å²) in [4.78, 5) is 15.8. The van der Waals surface area contributed by atoms with Gasteiger partial charge in [0.2, 0.25) is 0 Å². The monoisotopic (exact) mass is 516 g/mol. The van der Waals surface area contributed by atoms with Crippen molar-refractivity contribution in [2.45, 2.75) is 18.2 Å². The summed E-state index contributed by atoms with van der Waals surface area (Å²) >= 11 is 13.7. The molecule has 1 heterocycles. The molecule has 6 nitrogen and oxygen atoms in total. The van der Waals surface area contributed by atoms with Crippen LogP contribution in [0.15, 0.2) is 59.5 Å². The minimum Gasteiger partial charge on any atom is -0.493 e. The molecule has 0 unspecified atom stereocenters. The van der Waals surface area contributed by atoms with Crippen LogP contribution in [0.4, 0.5) is 5.69 Å². The second-order valence-corrected chi connectivity index (χ2v) is 9.16. The zero-order valence-electron chi connectivity index (χ0n) is 18.7. The summed E-state index contributed by atoms with van der Waals surface area (Å²) in [5.74, 6) is 1.29. The minimum absolute atomic E-state index is 0.146. The molecule has 9 heteroatoms. The Balaban J connectivity index is 1.68. The Morgan fingerprint density at radius 2 is 1.79 bits per heavy atom. The van der Waals surface area contributed by atoms with Crippen molar-refractivity contribution < 1.29 is 19.0 Å².